The van der Waals surface area contributed by atoms with Crippen LogP contribution in [0.1, 0.15) is 16.8 Å². The van der Waals surface area contributed by atoms with Crippen LogP contribution in [0.5, 0.6) is 0 Å². The summed E-state index contributed by atoms with van der Waals surface area (Å²) in [7, 11) is 4.07. The molecule has 0 aliphatic carbocycles. The molecule has 0 fully saturated rings. The van der Waals surface area contributed by atoms with Crippen LogP contribution in [0.2, 0.25) is 0 Å². The van der Waals surface area contributed by atoms with E-state index in [-0.39, 0.29) is 0 Å². The number of hydrogen-bond acceptors (Lipinski definition) is 5. The Bertz CT molecular complexity index is 1050. The number of nitrogens with one attached hydrogen (secondary N) is 1. The van der Waals surface area contributed by atoms with Crippen LogP contribution in [0.4, 0.5) is 17.2 Å². The van der Waals surface area contributed by atoms with Gasteiger partial charge in [0.2, 0.25) is 0 Å². The minimum Gasteiger partial charge on any atom is -0.378 e. The predicted molar refractivity (Wildman–Crippen MR) is 109 cm³/mol. The highest BCUT2D eigenvalue weighted by Crippen LogP contribution is 2.26. The topological polar surface area (TPSA) is 58.4 Å². The van der Waals surface area contributed by atoms with Gasteiger partial charge in [-0.1, -0.05) is 30.3 Å². The molecule has 136 valence electrons. The van der Waals surface area contributed by atoms with Crippen LogP contribution in [0, 0.1) is 6.92 Å². The lowest BCUT2D eigenvalue weighted by molar-refractivity contribution is 0.910. The van der Waals surface area contributed by atoms with Gasteiger partial charge in [-0.2, -0.15) is 14.6 Å². The molecule has 1 N–H and O–H groups in total. The first-order valence-corrected chi connectivity index (χ1v) is 8.89. The third kappa shape index (κ3) is 3.46. The minimum absolute atomic E-state index is 0.594. The van der Waals surface area contributed by atoms with Gasteiger partial charge in [-0.3, -0.25) is 0 Å². The standard InChI is InChI=1S/C21H22N6/c1-15-19(13-16-7-5-4-6-8-16)20(27-21(24-15)22-14-23-27)25-17-9-11-18(12-10-17)26(2)3/h4-12,14,25H,13H2,1-3H3. The molecule has 6 nitrogen and oxygen atoms in total. The molecule has 4 aromatic rings. The van der Waals surface area contributed by atoms with Crippen molar-refractivity contribution in [1.29, 1.82) is 0 Å². The summed E-state index contributed by atoms with van der Waals surface area (Å²) >= 11 is 0. The number of aromatic nitrogens is 4. The van der Waals surface area contributed by atoms with Crippen LogP contribution < -0.4 is 10.2 Å². The van der Waals surface area contributed by atoms with E-state index in [2.05, 4.69) is 73.8 Å². The van der Waals surface area contributed by atoms with E-state index in [0.717, 1.165) is 34.9 Å². The monoisotopic (exact) mass is 358 g/mol. The maximum absolute atomic E-state index is 4.61. The molecule has 0 saturated carbocycles. The zero-order chi connectivity index (χ0) is 18.8. The molecule has 0 spiro atoms. The number of anilines is 3. The highest BCUT2D eigenvalue weighted by atomic mass is 15.4. The van der Waals surface area contributed by atoms with E-state index in [1.54, 1.807) is 4.52 Å². The van der Waals surface area contributed by atoms with Gasteiger partial charge < -0.3 is 10.2 Å². The highest BCUT2D eigenvalue weighted by molar-refractivity contribution is 5.65. The Morgan fingerprint density at radius 3 is 2.44 bits per heavy atom. The molecule has 0 saturated heterocycles. The quantitative estimate of drug-likeness (QED) is 0.587. The number of rotatable bonds is 5. The molecular formula is C21H22N6. The van der Waals surface area contributed by atoms with Crippen molar-refractivity contribution >= 4 is 23.0 Å². The molecular weight excluding hydrogens is 336 g/mol. The van der Waals surface area contributed by atoms with Crippen LogP contribution in [-0.4, -0.2) is 33.7 Å². The fraction of sp³-hybridized carbons (Fsp3) is 0.190. The Labute approximate surface area is 158 Å². The molecule has 0 unspecified atom stereocenters. The summed E-state index contributed by atoms with van der Waals surface area (Å²) < 4.78 is 1.77. The lowest BCUT2D eigenvalue weighted by Crippen LogP contribution is -2.10. The molecule has 0 amide bonds. The van der Waals surface area contributed by atoms with E-state index in [0.29, 0.717) is 5.78 Å². The van der Waals surface area contributed by atoms with Crippen molar-refractivity contribution in [2.45, 2.75) is 13.3 Å². The highest BCUT2D eigenvalue weighted by Gasteiger charge is 2.15. The van der Waals surface area contributed by atoms with E-state index < -0.39 is 0 Å². The summed E-state index contributed by atoms with van der Waals surface area (Å²) in [6, 6.07) is 18.7. The maximum Gasteiger partial charge on any atom is 0.254 e. The average molecular weight is 358 g/mol. The van der Waals surface area contributed by atoms with Gasteiger partial charge in [0.25, 0.3) is 5.78 Å². The van der Waals surface area contributed by atoms with Crippen molar-refractivity contribution < 1.29 is 0 Å². The Balaban J connectivity index is 1.77. The zero-order valence-electron chi connectivity index (χ0n) is 15.7. The molecule has 0 aliphatic heterocycles. The van der Waals surface area contributed by atoms with Crippen molar-refractivity contribution in [2.75, 3.05) is 24.3 Å². The number of nitrogens with zero attached hydrogens (tertiary/aromatic N) is 5. The molecule has 2 aromatic carbocycles. The molecule has 0 radical (unpaired) electrons. The summed E-state index contributed by atoms with van der Waals surface area (Å²) in [6.45, 7) is 2.02. The Hall–Kier alpha value is -3.41. The summed E-state index contributed by atoms with van der Waals surface area (Å²) in [5.74, 6) is 1.49. The van der Waals surface area contributed by atoms with Crippen LogP contribution in [-0.2, 0) is 6.42 Å². The molecule has 0 bridgehead atoms. The lowest BCUT2D eigenvalue weighted by Gasteiger charge is -2.17. The van der Waals surface area contributed by atoms with Crippen molar-refractivity contribution in [1.82, 2.24) is 19.6 Å². The van der Waals surface area contributed by atoms with E-state index in [1.807, 2.05) is 27.1 Å². The Kier molecular flexibility index (Phi) is 4.46. The first kappa shape index (κ1) is 17.0. The first-order chi connectivity index (χ1) is 13.1. The normalized spacial score (nSPS) is 10.9. The number of aryl methyl sites for hydroxylation is 1. The van der Waals surface area contributed by atoms with Gasteiger partial charge >= 0.3 is 0 Å². The largest absolute Gasteiger partial charge is 0.378 e. The van der Waals surface area contributed by atoms with Gasteiger partial charge in [0.05, 0.1) is 0 Å². The number of fused-ring (bicyclic) bond motifs is 1. The van der Waals surface area contributed by atoms with Crippen LogP contribution in [0.25, 0.3) is 5.78 Å². The molecule has 27 heavy (non-hydrogen) atoms. The van der Waals surface area contributed by atoms with Gasteiger partial charge in [0.15, 0.2) is 0 Å². The number of hydrogen-bond donors (Lipinski definition) is 1. The maximum atomic E-state index is 4.61. The van der Waals surface area contributed by atoms with Crippen molar-refractivity contribution in [3.63, 3.8) is 0 Å². The smallest absolute Gasteiger partial charge is 0.254 e. The van der Waals surface area contributed by atoms with Gasteiger partial charge in [-0.25, -0.2) is 4.98 Å². The number of benzene rings is 2. The summed E-state index contributed by atoms with van der Waals surface area (Å²) in [6.07, 6.45) is 2.31. The van der Waals surface area contributed by atoms with E-state index in [1.165, 1.54) is 11.9 Å². The fourth-order valence-corrected chi connectivity index (χ4v) is 3.11. The summed E-state index contributed by atoms with van der Waals surface area (Å²) in [5, 5.41) is 7.91. The second-order valence-corrected chi connectivity index (χ2v) is 6.72. The van der Waals surface area contributed by atoms with Crippen LogP contribution in [0.15, 0.2) is 60.9 Å². The summed E-state index contributed by atoms with van der Waals surface area (Å²) in [5.41, 5.74) is 5.44. The molecule has 6 heteroatoms. The second-order valence-electron chi connectivity index (χ2n) is 6.72. The third-order valence-corrected chi connectivity index (χ3v) is 4.60. The molecule has 4 rings (SSSR count). The van der Waals surface area contributed by atoms with Crippen LogP contribution >= 0.6 is 0 Å². The van der Waals surface area contributed by atoms with Gasteiger partial charge in [-0.05, 0) is 36.8 Å². The van der Waals surface area contributed by atoms with Gasteiger partial charge in [0.1, 0.15) is 12.1 Å². The van der Waals surface area contributed by atoms with Gasteiger partial charge in [-0.15, -0.1) is 0 Å². The van der Waals surface area contributed by atoms with Crippen molar-refractivity contribution in [3.05, 3.63) is 77.7 Å². The predicted octanol–water partition coefficient (Wildman–Crippen LogP) is 3.83. The minimum atomic E-state index is 0.594. The van der Waals surface area contributed by atoms with Crippen molar-refractivity contribution in [3.8, 4) is 0 Å². The Morgan fingerprint density at radius 2 is 1.74 bits per heavy atom. The van der Waals surface area contributed by atoms with Gasteiger partial charge in [0, 0.05) is 43.1 Å². The molecule has 2 aromatic heterocycles. The molecule has 2 heterocycles. The fourth-order valence-electron chi connectivity index (χ4n) is 3.11. The van der Waals surface area contributed by atoms with E-state index in [4.69, 9.17) is 0 Å². The average Bonchev–Trinajstić information content (AvgIpc) is 3.14. The molecule has 0 atom stereocenters. The Morgan fingerprint density at radius 1 is 1.00 bits per heavy atom. The molecule has 0 aliphatic rings. The zero-order valence-corrected chi connectivity index (χ0v) is 15.7. The van der Waals surface area contributed by atoms with E-state index >= 15 is 0 Å². The van der Waals surface area contributed by atoms with E-state index in [9.17, 15) is 0 Å². The van der Waals surface area contributed by atoms with Crippen LogP contribution in [0.3, 0.4) is 0 Å². The lowest BCUT2D eigenvalue weighted by atomic mass is 10.0. The SMILES string of the molecule is Cc1nc2ncnn2c(Nc2ccc(N(C)C)cc2)c1Cc1ccccc1. The third-order valence-electron chi connectivity index (χ3n) is 4.60. The second kappa shape index (κ2) is 7.07. The summed E-state index contributed by atoms with van der Waals surface area (Å²) in [4.78, 5) is 11.0. The first-order valence-electron chi connectivity index (χ1n) is 8.89. The van der Waals surface area contributed by atoms with Crippen molar-refractivity contribution in [2.24, 2.45) is 0 Å².